The highest BCUT2D eigenvalue weighted by Crippen LogP contribution is 2.46. The number of hydrogen-bond donors (Lipinski definition) is 1. The lowest BCUT2D eigenvalue weighted by atomic mass is 10.00. The monoisotopic (exact) mass is 183 g/mol. The van der Waals surface area contributed by atoms with Gasteiger partial charge in [-0.1, -0.05) is 6.42 Å². The Hall–Kier alpha value is -0.0800. The highest BCUT2D eigenvalue weighted by molar-refractivity contribution is 4.96. The molecule has 2 heteroatoms. The number of nitrogens with zero attached hydrogens (tertiary/aromatic N) is 1. The summed E-state index contributed by atoms with van der Waals surface area (Å²) < 4.78 is 0. The minimum Gasteiger partial charge on any atom is -0.396 e. The average Bonchev–Trinajstić information content (AvgIpc) is 2.90. The van der Waals surface area contributed by atoms with Crippen LogP contribution in [0.4, 0.5) is 0 Å². The van der Waals surface area contributed by atoms with Crippen LogP contribution in [-0.4, -0.2) is 35.7 Å². The van der Waals surface area contributed by atoms with E-state index in [1.165, 1.54) is 38.6 Å². The van der Waals surface area contributed by atoms with Gasteiger partial charge in [-0.3, -0.25) is 0 Å². The molecule has 2 rings (SSSR count). The molecule has 1 saturated carbocycles. The van der Waals surface area contributed by atoms with Crippen molar-refractivity contribution in [1.82, 2.24) is 4.90 Å². The molecule has 0 unspecified atom stereocenters. The van der Waals surface area contributed by atoms with Crippen LogP contribution in [0.1, 0.15) is 39.0 Å². The standard InChI is InChI=1S/C11H21NO/c1-10-4-2-3-7-12(10)8-11(9-13)5-6-11/h10,13H,2-9H2,1H3/t10-/m0/s1. The smallest absolute Gasteiger partial charge is 0.0499 e. The lowest BCUT2D eigenvalue weighted by Crippen LogP contribution is -2.41. The van der Waals surface area contributed by atoms with Gasteiger partial charge in [0.1, 0.15) is 0 Å². The van der Waals surface area contributed by atoms with Gasteiger partial charge in [-0.05, 0) is 39.2 Å². The quantitative estimate of drug-likeness (QED) is 0.719. The topological polar surface area (TPSA) is 23.5 Å². The Morgan fingerprint density at radius 2 is 2.15 bits per heavy atom. The van der Waals surface area contributed by atoms with Crippen molar-refractivity contribution in [3.05, 3.63) is 0 Å². The second-order valence-corrected chi connectivity index (χ2v) is 4.97. The van der Waals surface area contributed by atoms with Gasteiger partial charge in [-0.2, -0.15) is 0 Å². The Morgan fingerprint density at radius 3 is 2.69 bits per heavy atom. The zero-order valence-corrected chi connectivity index (χ0v) is 8.63. The molecule has 0 aromatic carbocycles. The number of rotatable bonds is 3. The van der Waals surface area contributed by atoms with E-state index < -0.39 is 0 Å². The maximum atomic E-state index is 9.25. The van der Waals surface area contributed by atoms with Gasteiger partial charge in [0.25, 0.3) is 0 Å². The van der Waals surface area contributed by atoms with E-state index in [2.05, 4.69) is 11.8 Å². The van der Waals surface area contributed by atoms with Gasteiger partial charge in [0.05, 0.1) is 0 Å². The first-order valence-electron chi connectivity index (χ1n) is 5.61. The van der Waals surface area contributed by atoms with Crippen LogP contribution in [0.5, 0.6) is 0 Å². The van der Waals surface area contributed by atoms with E-state index in [0.29, 0.717) is 12.0 Å². The largest absolute Gasteiger partial charge is 0.396 e. The molecule has 1 saturated heterocycles. The van der Waals surface area contributed by atoms with Gasteiger partial charge in [-0.25, -0.2) is 0 Å². The third-order valence-electron chi connectivity index (χ3n) is 3.77. The van der Waals surface area contributed by atoms with E-state index >= 15 is 0 Å². The highest BCUT2D eigenvalue weighted by Gasteiger charge is 2.43. The zero-order chi connectivity index (χ0) is 9.31. The molecule has 1 aliphatic heterocycles. The molecule has 1 aliphatic carbocycles. The molecule has 2 nitrogen and oxygen atoms in total. The molecule has 2 fully saturated rings. The van der Waals surface area contributed by atoms with Crippen LogP contribution in [0.2, 0.25) is 0 Å². The van der Waals surface area contributed by atoms with Crippen LogP contribution in [-0.2, 0) is 0 Å². The molecule has 0 amide bonds. The number of aliphatic hydroxyl groups excluding tert-OH is 1. The van der Waals surface area contributed by atoms with Crippen LogP contribution < -0.4 is 0 Å². The summed E-state index contributed by atoms with van der Waals surface area (Å²) in [6.07, 6.45) is 6.58. The normalized spacial score (nSPS) is 33.2. The molecular formula is C11H21NO. The Balaban J connectivity index is 1.85. The summed E-state index contributed by atoms with van der Waals surface area (Å²) in [5, 5.41) is 9.25. The molecule has 0 aromatic rings. The first-order chi connectivity index (χ1) is 6.26. The highest BCUT2D eigenvalue weighted by atomic mass is 16.3. The van der Waals surface area contributed by atoms with Crippen molar-refractivity contribution in [2.75, 3.05) is 19.7 Å². The van der Waals surface area contributed by atoms with E-state index in [1.807, 2.05) is 0 Å². The van der Waals surface area contributed by atoms with Crippen LogP contribution in [0, 0.1) is 5.41 Å². The van der Waals surface area contributed by atoms with E-state index in [-0.39, 0.29) is 0 Å². The molecule has 1 N–H and O–H groups in total. The fraction of sp³-hybridized carbons (Fsp3) is 1.00. The van der Waals surface area contributed by atoms with Gasteiger partial charge in [0.2, 0.25) is 0 Å². The first-order valence-corrected chi connectivity index (χ1v) is 5.61. The van der Waals surface area contributed by atoms with Crippen molar-refractivity contribution in [3.8, 4) is 0 Å². The summed E-state index contributed by atoms with van der Waals surface area (Å²) in [5.41, 5.74) is 0.311. The van der Waals surface area contributed by atoms with Gasteiger partial charge in [0.15, 0.2) is 0 Å². The van der Waals surface area contributed by atoms with Crippen molar-refractivity contribution in [1.29, 1.82) is 0 Å². The summed E-state index contributed by atoms with van der Waals surface area (Å²) in [6.45, 7) is 5.12. The predicted octanol–water partition coefficient (Wildman–Crippen LogP) is 1.63. The van der Waals surface area contributed by atoms with Gasteiger partial charge in [-0.15, -0.1) is 0 Å². The minimum absolute atomic E-state index is 0.311. The molecule has 13 heavy (non-hydrogen) atoms. The second kappa shape index (κ2) is 3.58. The maximum Gasteiger partial charge on any atom is 0.0499 e. The number of hydrogen-bond acceptors (Lipinski definition) is 2. The predicted molar refractivity (Wildman–Crippen MR) is 53.6 cm³/mol. The lowest BCUT2D eigenvalue weighted by molar-refractivity contribution is 0.0984. The van der Waals surface area contributed by atoms with Gasteiger partial charge >= 0.3 is 0 Å². The average molecular weight is 183 g/mol. The molecular weight excluding hydrogens is 162 g/mol. The number of likely N-dealkylation sites (tertiary alicyclic amines) is 1. The summed E-state index contributed by atoms with van der Waals surface area (Å²) >= 11 is 0. The zero-order valence-electron chi connectivity index (χ0n) is 8.63. The third kappa shape index (κ3) is 2.05. The van der Waals surface area contributed by atoms with Crippen molar-refractivity contribution >= 4 is 0 Å². The van der Waals surface area contributed by atoms with Gasteiger partial charge in [0, 0.05) is 24.6 Å². The van der Waals surface area contributed by atoms with Crippen LogP contribution in [0.25, 0.3) is 0 Å². The first kappa shape index (κ1) is 9.47. The van der Waals surface area contributed by atoms with Gasteiger partial charge < -0.3 is 10.0 Å². The van der Waals surface area contributed by atoms with E-state index in [0.717, 1.165) is 12.6 Å². The summed E-state index contributed by atoms with van der Waals surface area (Å²) in [5.74, 6) is 0. The van der Waals surface area contributed by atoms with E-state index in [1.54, 1.807) is 0 Å². The summed E-state index contributed by atoms with van der Waals surface area (Å²) in [6, 6.07) is 0.748. The molecule has 0 spiro atoms. The number of aliphatic hydroxyl groups is 1. The second-order valence-electron chi connectivity index (χ2n) is 4.97. The van der Waals surface area contributed by atoms with Crippen molar-refractivity contribution in [2.45, 2.75) is 45.1 Å². The van der Waals surface area contributed by atoms with Crippen LogP contribution in [0.3, 0.4) is 0 Å². The number of piperidine rings is 1. The molecule has 76 valence electrons. The maximum absolute atomic E-state index is 9.25. The van der Waals surface area contributed by atoms with Crippen molar-refractivity contribution < 1.29 is 5.11 Å². The molecule has 2 aliphatic rings. The van der Waals surface area contributed by atoms with Crippen LogP contribution >= 0.6 is 0 Å². The third-order valence-corrected chi connectivity index (χ3v) is 3.77. The Labute approximate surface area is 80.9 Å². The summed E-state index contributed by atoms with van der Waals surface area (Å²) in [4.78, 5) is 2.58. The van der Waals surface area contributed by atoms with E-state index in [9.17, 15) is 5.11 Å². The van der Waals surface area contributed by atoms with Crippen molar-refractivity contribution in [3.63, 3.8) is 0 Å². The molecule has 1 heterocycles. The van der Waals surface area contributed by atoms with Crippen molar-refractivity contribution in [2.24, 2.45) is 5.41 Å². The fourth-order valence-corrected chi connectivity index (χ4v) is 2.37. The summed E-state index contributed by atoms with van der Waals surface area (Å²) in [7, 11) is 0. The van der Waals surface area contributed by atoms with Crippen LogP contribution in [0.15, 0.2) is 0 Å². The Morgan fingerprint density at radius 1 is 1.38 bits per heavy atom. The Bertz CT molecular complexity index is 177. The molecule has 1 atom stereocenters. The lowest BCUT2D eigenvalue weighted by Gasteiger charge is -2.35. The SMILES string of the molecule is C[C@H]1CCCCN1CC1(CO)CC1. The Kier molecular flexibility index (Phi) is 2.61. The fourth-order valence-electron chi connectivity index (χ4n) is 2.37. The van der Waals surface area contributed by atoms with E-state index in [4.69, 9.17) is 0 Å². The minimum atomic E-state index is 0.311. The molecule has 0 radical (unpaired) electrons. The molecule has 0 aromatic heterocycles. The molecule has 0 bridgehead atoms.